The molecule has 0 bridgehead atoms. The van der Waals surface area contributed by atoms with Crippen LogP contribution in [0.5, 0.6) is 5.75 Å². The minimum absolute atomic E-state index is 0.0730. The van der Waals surface area contributed by atoms with E-state index in [9.17, 15) is 10.2 Å². The summed E-state index contributed by atoms with van der Waals surface area (Å²) in [4.78, 5) is 0. The molecule has 0 aromatic heterocycles. The molecular weight excluding hydrogens is 476 g/mol. The molecule has 208 valence electrons. The third-order valence-corrected chi connectivity index (χ3v) is 9.80. The fourth-order valence-electron chi connectivity index (χ4n) is 7.85. The van der Waals surface area contributed by atoms with Gasteiger partial charge in [-0.05, 0) is 103 Å². The maximum absolute atomic E-state index is 10.8. The highest BCUT2D eigenvalue weighted by atomic mass is 16.5. The van der Waals surface area contributed by atoms with Crippen LogP contribution in [0.15, 0.2) is 48.5 Å². The summed E-state index contributed by atoms with van der Waals surface area (Å²) < 4.78 is 17.1. The number of aromatic hydroxyl groups is 1. The second-order valence-corrected chi connectivity index (χ2v) is 12.0. The molecule has 5 rings (SSSR count). The number of phenolic OH excluding ortho intramolecular Hbond substituents is 1. The van der Waals surface area contributed by atoms with Crippen molar-refractivity contribution in [3.05, 3.63) is 65.2 Å². The highest BCUT2D eigenvalue weighted by molar-refractivity contribution is 5.40. The molecule has 6 atom stereocenters. The Hall–Kier alpha value is -1.92. The first-order valence-corrected chi connectivity index (χ1v) is 14.8. The molecular formula is C33H46O5. The number of aliphatic hydroxyl groups is 1. The van der Waals surface area contributed by atoms with E-state index in [2.05, 4.69) is 25.1 Å². The molecule has 2 fully saturated rings. The second kappa shape index (κ2) is 13.0. The zero-order valence-electron chi connectivity index (χ0n) is 23.0. The highest BCUT2D eigenvalue weighted by Crippen LogP contribution is 2.62. The monoisotopic (exact) mass is 522 g/mol. The number of ether oxygens (including phenoxy) is 3. The number of fused-ring (bicyclic) bond motifs is 5. The summed E-state index contributed by atoms with van der Waals surface area (Å²) in [5.41, 5.74) is 4.06. The normalized spacial score (nSPS) is 30.0. The quantitative estimate of drug-likeness (QED) is 0.304. The van der Waals surface area contributed by atoms with Crippen molar-refractivity contribution in [1.29, 1.82) is 0 Å². The number of rotatable bonds is 13. The van der Waals surface area contributed by atoms with E-state index in [-0.39, 0.29) is 11.5 Å². The Labute approximate surface area is 228 Å². The summed E-state index contributed by atoms with van der Waals surface area (Å²) in [6, 6.07) is 16.2. The number of hydrogen-bond donors (Lipinski definition) is 2. The van der Waals surface area contributed by atoms with Crippen LogP contribution < -0.4 is 0 Å². The molecule has 5 heteroatoms. The van der Waals surface area contributed by atoms with Crippen LogP contribution in [0, 0.1) is 23.2 Å². The Balaban J connectivity index is 1.02. The van der Waals surface area contributed by atoms with Gasteiger partial charge in [0.2, 0.25) is 0 Å². The van der Waals surface area contributed by atoms with Gasteiger partial charge in [0.15, 0.2) is 0 Å². The molecule has 0 unspecified atom stereocenters. The smallest absolute Gasteiger partial charge is 0.115 e. The highest BCUT2D eigenvalue weighted by Gasteiger charge is 2.56. The standard InChI is InChI=1S/C33H46O5/c1-33-15-14-29-28-11-10-27(34)22-26(28)21-25(32(29)30(33)12-13-31(33)35)9-5-6-16-36-17-18-37-19-20-38-23-24-7-3-2-4-8-24/h2-4,7-8,10-11,22,25,29-32,34-35H,5-6,9,12-21,23H2,1H3/t25-,29-,30+,31+,32-,33+/m1/s1. The molecule has 0 aliphatic heterocycles. The van der Waals surface area contributed by atoms with Crippen LogP contribution in [0.3, 0.4) is 0 Å². The Kier molecular flexibility index (Phi) is 9.42. The fourth-order valence-corrected chi connectivity index (χ4v) is 7.85. The topological polar surface area (TPSA) is 68.2 Å². The van der Waals surface area contributed by atoms with Crippen molar-refractivity contribution in [2.75, 3.05) is 33.0 Å². The van der Waals surface area contributed by atoms with Gasteiger partial charge >= 0.3 is 0 Å². The first-order chi connectivity index (χ1) is 18.6. The van der Waals surface area contributed by atoms with Crippen molar-refractivity contribution in [3.8, 4) is 5.75 Å². The third-order valence-electron chi connectivity index (χ3n) is 9.80. The lowest BCUT2D eigenvalue weighted by atomic mass is 9.52. The van der Waals surface area contributed by atoms with Gasteiger partial charge in [-0.1, -0.05) is 49.7 Å². The molecule has 2 aromatic rings. The molecule has 3 aliphatic carbocycles. The molecule has 2 aromatic carbocycles. The van der Waals surface area contributed by atoms with Crippen LogP contribution >= 0.6 is 0 Å². The summed E-state index contributed by atoms with van der Waals surface area (Å²) in [5, 5.41) is 21.0. The predicted octanol–water partition coefficient (Wildman–Crippen LogP) is 6.26. The van der Waals surface area contributed by atoms with E-state index in [0.29, 0.717) is 62.5 Å². The zero-order chi connectivity index (χ0) is 26.4. The Morgan fingerprint density at radius 1 is 0.868 bits per heavy atom. The maximum Gasteiger partial charge on any atom is 0.115 e. The van der Waals surface area contributed by atoms with Crippen molar-refractivity contribution in [3.63, 3.8) is 0 Å². The van der Waals surface area contributed by atoms with Crippen LogP contribution in [0.2, 0.25) is 0 Å². The molecule has 0 saturated heterocycles. The number of hydrogen-bond acceptors (Lipinski definition) is 5. The van der Waals surface area contributed by atoms with Crippen molar-refractivity contribution >= 4 is 0 Å². The summed E-state index contributed by atoms with van der Waals surface area (Å²) in [6.45, 7) is 6.15. The minimum atomic E-state index is -0.152. The summed E-state index contributed by atoms with van der Waals surface area (Å²) >= 11 is 0. The van der Waals surface area contributed by atoms with Gasteiger partial charge in [0, 0.05) is 6.61 Å². The maximum atomic E-state index is 10.8. The summed E-state index contributed by atoms with van der Waals surface area (Å²) in [5.74, 6) is 2.81. The number of phenols is 1. The van der Waals surface area contributed by atoms with Crippen molar-refractivity contribution in [1.82, 2.24) is 0 Å². The first-order valence-electron chi connectivity index (χ1n) is 14.8. The van der Waals surface area contributed by atoms with Crippen LogP contribution in [-0.2, 0) is 27.2 Å². The van der Waals surface area contributed by atoms with Crippen molar-refractivity contribution < 1.29 is 24.4 Å². The molecule has 0 heterocycles. The molecule has 3 aliphatic rings. The lowest BCUT2D eigenvalue weighted by Gasteiger charge is -2.53. The first kappa shape index (κ1) is 27.6. The molecule has 2 saturated carbocycles. The van der Waals surface area contributed by atoms with Crippen LogP contribution in [0.4, 0.5) is 0 Å². The molecule has 38 heavy (non-hydrogen) atoms. The van der Waals surface area contributed by atoms with Gasteiger partial charge in [-0.15, -0.1) is 0 Å². The Morgan fingerprint density at radius 2 is 1.63 bits per heavy atom. The predicted molar refractivity (Wildman–Crippen MR) is 149 cm³/mol. The SMILES string of the molecule is C[C@]12CC[C@@H]3c4ccc(O)cc4C[C@@H](CCCCOCCOCCOCc4ccccc4)[C@H]3[C@@H]1CC[C@@H]2O. The van der Waals surface area contributed by atoms with Gasteiger partial charge < -0.3 is 24.4 Å². The third kappa shape index (κ3) is 6.28. The van der Waals surface area contributed by atoms with Crippen LogP contribution in [0.1, 0.15) is 74.5 Å². The van der Waals surface area contributed by atoms with Crippen LogP contribution in [0.25, 0.3) is 0 Å². The molecule has 0 amide bonds. The van der Waals surface area contributed by atoms with E-state index in [4.69, 9.17) is 14.2 Å². The molecule has 0 radical (unpaired) electrons. The number of benzene rings is 2. The number of aliphatic hydroxyl groups excluding tert-OH is 1. The van der Waals surface area contributed by atoms with Crippen LogP contribution in [-0.4, -0.2) is 49.4 Å². The van der Waals surface area contributed by atoms with E-state index in [0.717, 1.165) is 51.6 Å². The lowest BCUT2D eigenvalue weighted by molar-refractivity contribution is -0.0399. The summed E-state index contributed by atoms with van der Waals surface area (Å²) in [6.07, 6.45) is 8.68. The average molecular weight is 523 g/mol. The van der Waals surface area contributed by atoms with E-state index < -0.39 is 0 Å². The summed E-state index contributed by atoms with van der Waals surface area (Å²) in [7, 11) is 0. The fraction of sp³-hybridized carbons (Fsp3) is 0.636. The van der Waals surface area contributed by atoms with Gasteiger partial charge in [-0.2, -0.15) is 0 Å². The van der Waals surface area contributed by atoms with E-state index in [1.165, 1.54) is 23.1 Å². The van der Waals surface area contributed by atoms with Crippen molar-refractivity contribution in [2.24, 2.45) is 23.2 Å². The zero-order valence-corrected chi connectivity index (χ0v) is 23.0. The Bertz CT molecular complexity index is 1010. The average Bonchev–Trinajstić information content (AvgIpc) is 3.23. The van der Waals surface area contributed by atoms with E-state index in [1.807, 2.05) is 30.3 Å². The van der Waals surface area contributed by atoms with E-state index in [1.54, 1.807) is 0 Å². The van der Waals surface area contributed by atoms with Gasteiger partial charge in [-0.25, -0.2) is 0 Å². The molecule has 2 N–H and O–H groups in total. The lowest BCUT2D eigenvalue weighted by Crippen LogP contribution is -2.47. The largest absolute Gasteiger partial charge is 0.508 e. The molecule has 0 spiro atoms. The van der Waals surface area contributed by atoms with Gasteiger partial charge in [0.25, 0.3) is 0 Å². The number of unbranched alkanes of at least 4 members (excludes halogenated alkanes) is 1. The van der Waals surface area contributed by atoms with Crippen molar-refractivity contribution in [2.45, 2.75) is 76.9 Å². The Morgan fingerprint density at radius 3 is 2.45 bits per heavy atom. The van der Waals surface area contributed by atoms with Gasteiger partial charge in [0.05, 0.1) is 39.1 Å². The molecule has 5 nitrogen and oxygen atoms in total. The second-order valence-electron chi connectivity index (χ2n) is 12.0. The van der Waals surface area contributed by atoms with Gasteiger partial charge in [-0.3, -0.25) is 0 Å². The van der Waals surface area contributed by atoms with Gasteiger partial charge in [0.1, 0.15) is 5.75 Å². The minimum Gasteiger partial charge on any atom is -0.508 e. The van der Waals surface area contributed by atoms with E-state index >= 15 is 0 Å².